The molecule has 90 valence electrons. The van der Waals surface area contributed by atoms with Crippen LogP contribution in [0.3, 0.4) is 0 Å². The third-order valence-corrected chi connectivity index (χ3v) is 2.69. The highest BCUT2D eigenvalue weighted by atomic mass is 16.5. The Morgan fingerprint density at radius 1 is 1.29 bits per heavy atom. The Balaban J connectivity index is 2.44. The van der Waals surface area contributed by atoms with Gasteiger partial charge in [-0.1, -0.05) is 12.1 Å². The molecule has 0 spiro atoms. The van der Waals surface area contributed by atoms with Crippen molar-refractivity contribution in [3.05, 3.63) is 36.2 Å². The van der Waals surface area contributed by atoms with Gasteiger partial charge in [0, 0.05) is 24.8 Å². The normalized spacial score (nSPS) is 12.5. The van der Waals surface area contributed by atoms with Crippen molar-refractivity contribution in [2.75, 3.05) is 7.11 Å². The lowest BCUT2D eigenvalue weighted by Crippen LogP contribution is -2.07. The number of nitrogens with two attached hydrogens (primary N) is 1. The predicted molar refractivity (Wildman–Crippen MR) is 67.8 cm³/mol. The molecule has 0 aliphatic heterocycles. The number of methoxy groups -OCH3 is 1. The molecule has 1 unspecified atom stereocenters. The number of hydrogen-bond donors (Lipinski definition) is 1. The topological polar surface area (TPSA) is 53.1 Å². The van der Waals surface area contributed by atoms with Crippen molar-refractivity contribution >= 4 is 0 Å². The minimum Gasteiger partial charge on any atom is -0.497 e. The molecule has 0 saturated carbocycles. The fourth-order valence-electron chi connectivity index (χ4n) is 1.83. The number of nitrogens with zero attached hydrogens (tertiary/aromatic N) is 2. The lowest BCUT2D eigenvalue weighted by Gasteiger charge is -2.06. The Morgan fingerprint density at radius 2 is 1.94 bits per heavy atom. The maximum Gasteiger partial charge on any atom is 0.118 e. The molecule has 1 aromatic carbocycles. The molecule has 1 aromatic heterocycles. The average Bonchev–Trinajstić information content (AvgIpc) is 2.72. The number of aromatic nitrogens is 2. The van der Waals surface area contributed by atoms with Gasteiger partial charge in [-0.2, -0.15) is 5.10 Å². The monoisotopic (exact) mass is 231 g/mol. The Hall–Kier alpha value is -1.81. The van der Waals surface area contributed by atoms with Crippen LogP contribution in [0.15, 0.2) is 30.5 Å². The van der Waals surface area contributed by atoms with Crippen molar-refractivity contribution in [3.63, 3.8) is 0 Å². The molecular weight excluding hydrogens is 214 g/mol. The lowest BCUT2D eigenvalue weighted by molar-refractivity contribution is 0.415. The van der Waals surface area contributed by atoms with E-state index in [9.17, 15) is 0 Å². The molecule has 4 nitrogen and oxygen atoms in total. The summed E-state index contributed by atoms with van der Waals surface area (Å²) >= 11 is 0. The molecule has 1 heterocycles. The molecule has 0 saturated heterocycles. The summed E-state index contributed by atoms with van der Waals surface area (Å²) in [5.74, 6) is 0.847. The number of rotatable bonds is 3. The largest absolute Gasteiger partial charge is 0.497 e. The summed E-state index contributed by atoms with van der Waals surface area (Å²) in [6, 6.07) is 7.83. The summed E-state index contributed by atoms with van der Waals surface area (Å²) in [6.45, 7) is 1.94. The van der Waals surface area contributed by atoms with Gasteiger partial charge in [0.05, 0.1) is 12.8 Å². The lowest BCUT2D eigenvalue weighted by atomic mass is 10.0. The minimum atomic E-state index is -0.0756. The number of aryl methyl sites for hydroxylation is 1. The van der Waals surface area contributed by atoms with Gasteiger partial charge in [0.15, 0.2) is 0 Å². The second kappa shape index (κ2) is 4.59. The summed E-state index contributed by atoms with van der Waals surface area (Å²) in [5.41, 5.74) is 9.01. The van der Waals surface area contributed by atoms with E-state index in [1.807, 2.05) is 44.4 Å². The molecule has 17 heavy (non-hydrogen) atoms. The van der Waals surface area contributed by atoms with Crippen molar-refractivity contribution in [1.82, 2.24) is 9.78 Å². The van der Waals surface area contributed by atoms with Gasteiger partial charge in [0.25, 0.3) is 0 Å². The van der Waals surface area contributed by atoms with E-state index in [4.69, 9.17) is 10.5 Å². The zero-order valence-corrected chi connectivity index (χ0v) is 10.3. The van der Waals surface area contributed by atoms with E-state index >= 15 is 0 Å². The molecule has 0 aliphatic rings. The van der Waals surface area contributed by atoms with Crippen LogP contribution in [-0.4, -0.2) is 16.9 Å². The zero-order valence-electron chi connectivity index (χ0n) is 10.3. The van der Waals surface area contributed by atoms with E-state index in [1.165, 1.54) is 0 Å². The first-order valence-electron chi connectivity index (χ1n) is 5.55. The van der Waals surface area contributed by atoms with Crippen molar-refractivity contribution in [2.45, 2.75) is 13.0 Å². The second-order valence-corrected chi connectivity index (χ2v) is 4.12. The quantitative estimate of drug-likeness (QED) is 0.880. The van der Waals surface area contributed by atoms with Gasteiger partial charge in [-0.15, -0.1) is 0 Å². The Labute approximate surface area is 101 Å². The zero-order chi connectivity index (χ0) is 12.4. The summed E-state index contributed by atoms with van der Waals surface area (Å²) in [4.78, 5) is 0. The minimum absolute atomic E-state index is 0.0756. The third-order valence-electron chi connectivity index (χ3n) is 2.69. The molecule has 0 amide bonds. The molecule has 1 atom stereocenters. The van der Waals surface area contributed by atoms with Crippen LogP contribution in [0.5, 0.6) is 5.75 Å². The molecule has 0 radical (unpaired) electrons. The van der Waals surface area contributed by atoms with E-state index in [1.54, 1.807) is 11.8 Å². The van der Waals surface area contributed by atoms with Crippen LogP contribution in [-0.2, 0) is 7.05 Å². The smallest absolute Gasteiger partial charge is 0.118 e. The molecule has 0 bridgehead atoms. The fraction of sp³-hybridized carbons (Fsp3) is 0.308. The van der Waals surface area contributed by atoms with Gasteiger partial charge in [-0.3, -0.25) is 4.68 Å². The SMILES string of the molecule is COc1ccc(-c2cn(C)nc2C(C)N)cc1. The second-order valence-electron chi connectivity index (χ2n) is 4.12. The van der Waals surface area contributed by atoms with Crippen LogP contribution < -0.4 is 10.5 Å². The number of benzene rings is 1. The molecule has 2 aromatic rings. The van der Waals surface area contributed by atoms with Gasteiger partial charge >= 0.3 is 0 Å². The van der Waals surface area contributed by atoms with Crippen molar-refractivity contribution in [1.29, 1.82) is 0 Å². The maximum atomic E-state index is 5.92. The highest BCUT2D eigenvalue weighted by Crippen LogP contribution is 2.27. The Kier molecular flexibility index (Phi) is 3.15. The van der Waals surface area contributed by atoms with Gasteiger partial charge in [-0.25, -0.2) is 0 Å². The van der Waals surface area contributed by atoms with Crippen LogP contribution >= 0.6 is 0 Å². The van der Waals surface area contributed by atoms with Crippen LogP contribution in [0, 0.1) is 0 Å². The van der Waals surface area contributed by atoms with E-state index < -0.39 is 0 Å². The van der Waals surface area contributed by atoms with Gasteiger partial charge in [0.2, 0.25) is 0 Å². The van der Waals surface area contributed by atoms with Gasteiger partial charge in [-0.05, 0) is 24.6 Å². The summed E-state index contributed by atoms with van der Waals surface area (Å²) in [7, 11) is 3.56. The van der Waals surface area contributed by atoms with Crippen molar-refractivity contribution in [3.8, 4) is 16.9 Å². The van der Waals surface area contributed by atoms with Crippen LogP contribution in [0.25, 0.3) is 11.1 Å². The van der Waals surface area contributed by atoms with Crippen molar-refractivity contribution in [2.24, 2.45) is 12.8 Å². The van der Waals surface area contributed by atoms with E-state index in [-0.39, 0.29) is 6.04 Å². The molecule has 2 N–H and O–H groups in total. The van der Waals surface area contributed by atoms with Gasteiger partial charge < -0.3 is 10.5 Å². The highest BCUT2D eigenvalue weighted by Gasteiger charge is 2.13. The predicted octanol–water partition coefficient (Wildman–Crippen LogP) is 2.12. The number of ether oxygens (including phenoxy) is 1. The summed E-state index contributed by atoms with van der Waals surface area (Å²) < 4.78 is 6.93. The maximum absolute atomic E-state index is 5.92. The van der Waals surface area contributed by atoms with Crippen molar-refractivity contribution < 1.29 is 4.74 Å². The van der Waals surface area contributed by atoms with E-state index in [0.29, 0.717) is 0 Å². The molecule has 4 heteroatoms. The first-order valence-corrected chi connectivity index (χ1v) is 5.55. The highest BCUT2D eigenvalue weighted by molar-refractivity contribution is 5.66. The van der Waals surface area contributed by atoms with Crippen LogP contribution in [0.2, 0.25) is 0 Å². The Bertz CT molecular complexity index is 500. The molecule has 0 aliphatic carbocycles. The first-order chi connectivity index (χ1) is 8.11. The van der Waals surface area contributed by atoms with E-state index in [2.05, 4.69) is 5.10 Å². The fourth-order valence-corrected chi connectivity index (χ4v) is 1.83. The summed E-state index contributed by atoms with van der Waals surface area (Å²) in [6.07, 6.45) is 1.99. The average molecular weight is 231 g/mol. The standard InChI is InChI=1S/C13H17N3O/c1-9(14)13-12(8-16(2)15-13)10-4-6-11(17-3)7-5-10/h4-9H,14H2,1-3H3. The third kappa shape index (κ3) is 2.31. The Morgan fingerprint density at radius 3 is 2.47 bits per heavy atom. The number of hydrogen-bond acceptors (Lipinski definition) is 3. The first kappa shape index (κ1) is 11.7. The van der Waals surface area contributed by atoms with Gasteiger partial charge in [0.1, 0.15) is 5.75 Å². The van der Waals surface area contributed by atoms with Crippen LogP contribution in [0.1, 0.15) is 18.7 Å². The summed E-state index contributed by atoms with van der Waals surface area (Å²) in [5, 5.41) is 4.39. The van der Waals surface area contributed by atoms with Crippen LogP contribution in [0.4, 0.5) is 0 Å². The molecule has 0 fully saturated rings. The molecular formula is C13H17N3O. The van der Waals surface area contributed by atoms with E-state index in [0.717, 1.165) is 22.6 Å². The molecule has 2 rings (SSSR count).